The van der Waals surface area contributed by atoms with E-state index in [1.54, 1.807) is 16.7 Å². The number of carbonyl (C=O) groups is 1. The number of alkyl halides is 1. The number of hydrogen-bond acceptors (Lipinski definition) is 2. The molecule has 0 aliphatic carbocycles. The zero-order valence-electron chi connectivity index (χ0n) is 10.7. The van der Waals surface area contributed by atoms with Gasteiger partial charge in [-0.2, -0.15) is 0 Å². The van der Waals surface area contributed by atoms with Crippen molar-refractivity contribution in [2.75, 3.05) is 18.6 Å². The number of carbonyl (C=O) groups excluding carboxylic acids is 1. The average Bonchev–Trinajstić information content (AvgIpc) is 2.36. The van der Waals surface area contributed by atoms with E-state index < -0.39 is 0 Å². The molecule has 0 atom stereocenters. The predicted octanol–water partition coefficient (Wildman–Crippen LogP) is 3.65. The van der Waals surface area contributed by atoms with Crippen LogP contribution in [0.1, 0.15) is 24.2 Å². The summed E-state index contributed by atoms with van der Waals surface area (Å²) in [6.45, 7) is 4.09. The fraction of sp³-hybridized carbons (Fsp3) is 0.462. The Hall–Kier alpha value is -0.480. The fourth-order valence-corrected chi connectivity index (χ4v) is 2.33. The highest BCUT2D eigenvalue weighted by atomic mass is 79.9. The normalized spacial score (nSPS) is 11.4. The van der Waals surface area contributed by atoms with Crippen LogP contribution in [0.3, 0.4) is 0 Å². The van der Waals surface area contributed by atoms with Gasteiger partial charge in [0.25, 0.3) is 5.91 Å². The maximum absolute atomic E-state index is 12.4. The van der Waals surface area contributed by atoms with E-state index in [4.69, 9.17) is 0 Å². The molecule has 0 radical (unpaired) electrons. The molecule has 0 N–H and O–H groups in total. The van der Waals surface area contributed by atoms with Crippen LogP contribution in [0.15, 0.2) is 29.2 Å². The second-order valence-electron chi connectivity index (χ2n) is 4.51. The molecule has 2 nitrogen and oxygen atoms in total. The van der Waals surface area contributed by atoms with Gasteiger partial charge >= 0.3 is 0 Å². The summed E-state index contributed by atoms with van der Waals surface area (Å²) < 4.78 is 0. The molecule has 1 rings (SSSR count). The van der Waals surface area contributed by atoms with Crippen molar-refractivity contribution in [2.24, 2.45) is 0 Å². The minimum absolute atomic E-state index is 0.0689. The Morgan fingerprint density at radius 2 is 2.00 bits per heavy atom. The first-order valence-electron chi connectivity index (χ1n) is 5.41. The van der Waals surface area contributed by atoms with E-state index in [0.29, 0.717) is 0 Å². The third kappa shape index (κ3) is 3.26. The van der Waals surface area contributed by atoms with E-state index in [1.807, 2.05) is 51.4 Å². The number of hydrogen-bond donors (Lipinski definition) is 0. The first-order chi connectivity index (χ1) is 7.94. The summed E-state index contributed by atoms with van der Waals surface area (Å²) in [5.74, 6) is 0.0689. The van der Waals surface area contributed by atoms with Crippen LogP contribution in [0.2, 0.25) is 0 Å². The zero-order valence-corrected chi connectivity index (χ0v) is 13.1. The van der Waals surface area contributed by atoms with Crippen molar-refractivity contribution in [3.8, 4) is 0 Å². The zero-order chi connectivity index (χ0) is 13.1. The molecule has 1 amide bonds. The van der Waals surface area contributed by atoms with E-state index in [0.717, 1.165) is 15.8 Å². The predicted molar refractivity (Wildman–Crippen MR) is 78.2 cm³/mol. The van der Waals surface area contributed by atoms with Crippen molar-refractivity contribution >= 4 is 33.6 Å². The molecule has 0 aliphatic heterocycles. The standard InChI is InChI=1S/C13H18BrNOS/c1-13(2,9-14)15(3)12(16)10-7-5-6-8-11(10)17-4/h5-8H,9H2,1-4H3. The first-order valence-corrected chi connectivity index (χ1v) is 7.76. The van der Waals surface area contributed by atoms with E-state index in [1.165, 1.54) is 0 Å². The Balaban J connectivity index is 3.04. The Labute approximate surface area is 116 Å². The summed E-state index contributed by atoms with van der Waals surface area (Å²) in [7, 11) is 1.85. The minimum Gasteiger partial charge on any atom is -0.336 e. The lowest BCUT2D eigenvalue weighted by Gasteiger charge is -2.34. The highest BCUT2D eigenvalue weighted by molar-refractivity contribution is 9.09. The molecular weight excluding hydrogens is 298 g/mol. The van der Waals surface area contributed by atoms with E-state index in [-0.39, 0.29) is 11.4 Å². The summed E-state index contributed by atoms with van der Waals surface area (Å²) >= 11 is 5.05. The SMILES string of the molecule is CSc1ccccc1C(=O)N(C)C(C)(C)CBr. The van der Waals surface area contributed by atoms with E-state index in [9.17, 15) is 4.79 Å². The quantitative estimate of drug-likeness (QED) is 0.624. The third-order valence-corrected chi connectivity index (χ3v) is 5.05. The van der Waals surface area contributed by atoms with Gasteiger partial charge in [-0.1, -0.05) is 28.1 Å². The maximum Gasteiger partial charge on any atom is 0.255 e. The van der Waals surface area contributed by atoms with Crippen LogP contribution in [0.25, 0.3) is 0 Å². The molecule has 0 bridgehead atoms. The molecule has 0 aliphatic rings. The number of amides is 1. The highest BCUT2D eigenvalue weighted by Gasteiger charge is 2.28. The van der Waals surface area contributed by atoms with Crippen LogP contribution in [-0.4, -0.2) is 35.0 Å². The molecule has 0 saturated heterocycles. The second kappa shape index (κ2) is 5.91. The molecule has 0 heterocycles. The van der Waals surface area contributed by atoms with Gasteiger partial charge in [-0.3, -0.25) is 4.79 Å². The highest BCUT2D eigenvalue weighted by Crippen LogP contribution is 2.24. The van der Waals surface area contributed by atoms with Gasteiger partial charge in [0.1, 0.15) is 0 Å². The summed E-state index contributed by atoms with van der Waals surface area (Å²) in [5, 5.41) is 0.754. The molecule has 0 saturated carbocycles. The van der Waals surface area contributed by atoms with Crippen molar-refractivity contribution in [1.82, 2.24) is 4.90 Å². The van der Waals surface area contributed by atoms with Crippen molar-refractivity contribution in [3.05, 3.63) is 29.8 Å². The lowest BCUT2D eigenvalue weighted by molar-refractivity contribution is 0.0660. The van der Waals surface area contributed by atoms with Crippen LogP contribution >= 0.6 is 27.7 Å². The molecule has 0 aromatic heterocycles. The Bertz CT molecular complexity index is 406. The number of halogens is 1. The number of rotatable bonds is 4. The Morgan fingerprint density at radius 3 is 2.53 bits per heavy atom. The molecule has 17 heavy (non-hydrogen) atoms. The molecule has 4 heteroatoms. The van der Waals surface area contributed by atoms with Gasteiger partial charge in [0.2, 0.25) is 0 Å². The van der Waals surface area contributed by atoms with Crippen LogP contribution in [0, 0.1) is 0 Å². The van der Waals surface area contributed by atoms with Gasteiger partial charge < -0.3 is 4.90 Å². The largest absolute Gasteiger partial charge is 0.336 e. The lowest BCUT2D eigenvalue weighted by Crippen LogP contribution is -2.46. The van der Waals surface area contributed by atoms with Crippen molar-refractivity contribution in [3.63, 3.8) is 0 Å². The topological polar surface area (TPSA) is 20.3 Å². The monoisotopic (exact) mass is 315 g/mol. The molecule has 1 aromatic carbocycles. The van der Waals surface area contributed by atoms with Gasteiger partial charge in [-0.05, 0) is 32.2 Å². The molecule has 0 spiro atoms. The lowest BCUT2D eigenvalue weighted by atomic mass is 10.1. The number of thioether (sulfide) groups is 1. The average molecular weight is 316 g/mol. The van der Waals surface area contributed by atoms with Crippen LogP contribution in [-0.2, 0) is 0 Å². The van der Waals surface area contributed by atoms with Crippen LogP contribution < -0.4 is 0 Å². The Kier molecular flexibility index (Phi) is 5.07. The molecule has 1 aromatic rings. The van der Waals surface area contributed by atoms with Gasteiger partial charge in [-0.15, -0.1) is 11.8 Å². The minimum atomic E-state index is -0.192. The molecule has 0 fully saturated rings. The van der Waals surface area contributed by atoms with Gasteiger partial charge in [0.15, 0.2) is 0 Å². The molecule has 0 unspecified atom stereocenters. The summed E-state index contributed by atoms with van der Waals surface area (Å²) in [4.78, 5) is 15.2. The van der Waals surface area contributed by atoms with Crippen molar-refractivity contribution < 1.29 is 4.79 Å². The van der Waals surface area contributed by atoms with Gasteiger partial charge in [-0.25, -0.2) is 0 Å². The molecule has 94 valence electrons. The smallest absolute Gasteiger partial charge is 0.255 e. The first kappa shape index (κ1) is 14.6. The number of benzene rings is 1. The van der Waals surface area contributed by atoms with E-state index >= 15 is 0 Å². The number of nitrogens with zero attached hydrogens (tertiary/aromatic N) is 1. The van der Waals surface area contributed by atoms with Gasteiger partial charge in [0.05, 0.1) is 5.56 Å². The van der Waals surface area contributed by atoms with E-state index in [2.05, 4.69) is 15.9 Å². The second-order valence-corrected chi connectivity index (χ2v) is 5.92. The summed E-state index contributed by atoms with van der Waals surface area (Å²) in [5.41, 5.74) is 0.583. The summed E-state index contributed by atoms with van der Waals surface area (Å²) in [6, 6.07) is 7.72. The third-order valence-electron chi connectivity index (χ3n) is 2.88. The van der Waals surface area contributed by atoms with Crippen molar-refractivity contribution in [2.45, 2.75) is 24.3 Å². The summed E-state index contributed by atoms with van der Waals surface area (Å²) in [6.07, 6.45) is 1.99. The van der Waals surface area contributed by atoms with Gasteiger partial charge in [0, 0.05) is 22.8 Å². The van der Waals surface area contributed by atoms with Crippen LogP contribution in [0.5, 0.6) is 0 Å². The van der Waals surface area contributed by atoms with Crippen LogP contribution in [0.4, 0.5) is 0 Å². The van der Waals surface area contributed by atoms with Crippen molar-refractivity contribution in [1.29, 1.82) is 0 Å². The molecular formula is C13H18BrNOS. The Morgan fingerprint density at radius 1 is 1.41 bits per heavy atom. The maximum atomic E-state index is 12.4. The fourth-order valence-electron chi connectivity index (χ4n) is 1.37.